The zero-order valence-corrected chi connectivity index (χ0v) is 14.9. The van der Waals surface area contributed by atoms with E-state index in [1.165, 1.54) is 0 Å². The van der Waals surface area contributed by atoms with Gasteiger partial charge in [-0.3, -0.25) is 9.89 Å². The number of aromatic hydroxyl groups is 1. The zero-order chi connectivity index (χ0) is 17.8. The Morgan fingerprint density at radius 2 is 1.92 bits per heavy atom. The number of hydrogen-bond donors (Lipinski definition) is 3. The molecule has 3 rings (SSSR count). The monoisotopic (exact) mass is 398 g/mol. The summed E-state index contributed by atoms with van der Waals surface area (Å²) in [5.41, 5.74) is 5.37. The minimum Gasteiger partial charge on any atom is -0.507 e. The number of benzene rings is 2. The number of aromatic amines is 1. The van der Waals surface area contributed by atoms with Gasteiger partial charge in [0, 0.05) is 15.6 Å². The van der Waals surface area contributed by atoms with Gasteiger partial charge < -0.3 is 5.11 Å². The summed E-state index contributed by atoms with van der Waals surface area (Å²) in [4.78, 5) is 12.2. The lowest BCUT2D eigenvalue weighted by Crippen LogP contribution is -2.19. The molecule has 25 heavy (non-hydrogen) atoms. The first-order valence-corrected chi connectivity index (χ1v) is 8.28. The van der Waals surface area contributed by atoms with Crippen molar-refractivity contribution in [3.8, 4) is 17.0 Å². The average molecular weight is 399 g/mol. The summed E-state index contributed by atoms with van der Waals surface area (Å²) in [6, 6.07) is 16.1. The average Bonchev–Trinajstić information content (AvgIpc) is 3.10. The summed E-state index contributed by atoms with van der Waals surface area (Å²) < 4.78 is 0.971. The number of aromatic nitrogens is 2. The summed E-state index contributed by atoms with van der Waals surface area (Å²) in [7, 11) is 0. The molecular formula is C18H15BrN4O2. The second kappa shape index (κ2) is 7.31. The van der Waals surface area contributed by atoms with Crippen LogP contribution in [0.5, 0.6) is 5.75 Å². The molecule has 0 radical (unpaired) electrons. The fourth-order valence-electron chi connectivity index (χ4n) is 2.24. The van der Waals surface area contributed by atoms with E-state index in [1.807, 2.05) is 24.3 Å². The molecule has 6 nitrogen and oxygen atoms in total. The van der Waals surface area contributed by atoms with Crippen LogP contribution in [0.4, 0.5) is 0 Å². The third-order valence-corrected chi connectivity index (χ3v) is 4.11. The fourth-order valence-corrected chi connectivity index (χ4v) is 2.51. The summed E-state index contributed by atoms with van der Waals surface area (Å²) >= 11 is 3.38. The van der Waals surface area contributed by atoms with Gasteiger partial charge in [0.25, 0.3) is 5.91 Å². The van der Waals surface area contributed by atoms with Crippen LogP contribution < -0.4 is 5.43 Å². The van der Waals surface area contributed by atoms with Gasteiger partial charge >= 0.3 is 0 Å². The van der Waals surface area contributed by atoms with Crippen LogP contribution in [0.25, 0.3) is 11.3 Å². The molecule has 3 aromatic rings. The number of H-pyrrole nitrogens is 1. The number of carbonyl (C=O) groups excluding carboxylic acids is 1. The Hall–Kier alpha value is -2.93. The molecule has 2 aromatic carbocycles. The minimum atomic E-state index is -0.411. The molecule has 1 aromatic heterocycles. The zero-order valence-electron chi connectivity index (χ0n) is 13.3. The lowest BCUT2D eigenvalue weighted by Gasteiger charge is -2.03. The van der Waals surface area contributed by atoms with Crippen LogP contribution in [0.15, 0.2) is 64.2 Å². The molecule has 0 aliphatic carbocycles. The fraction of sp³-hybridized carbons (Fsp3) is 0.0556. The molecule has 3 N–H and O–H groups in total. The number of phenolic OH excluding ortho intramolecular Hbond substituents is 1. The van der Waals surface area contributed by atoms with Gasteiger partial charge in [0.05, 0.1) is 11.4 Å². The van der Waals surface area contributed by atoms with E-state index in [9.17, 15) is 9.90 Å². The number of amides is 1. The topological polar surface area (TPSA) is 90.4 Å². The van der Waals surface area contributed by atoms with E-state index in [0.29, 0.717) is 22.7 Å². The van der Waals surface area contributed by atoms with E-state index in [-0.39, 0.29) is 5.75 Å². The lowest BCUT2D eigenvalue weighted by molar-refractivity contribution is 0.0950. The van der Waals surface area contributed by atoms with Crippen LogP contribution >= 0.6 is 15.9 Å². The highest BCUT2D eigenvalue weighted by atomic mass is 79.9. The van der Waals surface area contributed by atoms with Crippen LogP contribution in [0, 0.1) is 0 Å². The van der Waals surface area contributed by atoms with Crippen molar-refractivity contribution in [3.05, 3.63) is 70.3 Å². The second-order valence-corrected chi connectivity index (χ2v) is 6.24. The molecule has 0 aliphatic heterocycles. The predicted molar refractivity (Wildman–Crippen MR) is 99.5 cm³/mol. The van der Waals surface area contributed by atoms with Crippen LogP contribution in [-0.4, -0.2) is 26.9 Å². The first-order chi connectivity index (χ1) is 12.0. The molecule has 7 heteroatoms. The Balaban J connectivity index is 1.73. The van der Waals surface area contributed by atoms with E-state index in [2.05, 4.69) is 36.7 Å². The first kappa shape index (κ1) is 16.9. The molecule has 0 spiro atoms. The maximum absolute atomic E-state index is 12.2. The van der Waals surface area contributed by atoms with Crippen LogP contribution in [-0.2, 0) is 0 Å². The van der Waals surface area contributed by atoms with Crippen molar-refractivity contribution < 1.29 is 9.90 Å². The van der Waals surface area contributed by atoms with Gasteiger partial charge in [-0.25, -0.2) is 5.43 Å². The summed E-state index contributed by atoms with van der Waals surface area (Å²) in [5.74, 6) is -0.303. The lowest BCUT2D eigenvalue weighted by atomic mass is 10.1. The SMILES string of the molecule is CC(=NNC(=O)c1cc(-c2ccc(Br)cc2)n[nH]1)c1ccccc1O. The number of nitrogens with one attached hydrogen (secondary N) is 2. The number of rotatable bonds is 4. The van der Waals surface area contributed by atoms with Crippen molar-refractivity contribution in [2.24, 2.45) is 5.10 Å². The van der Waals surface area contributed by atoms with E-state index < -0.39 is 5.91 Å². The van der Waals surface area contributed by atoms with Crippen LogP contribution in [0.2, 0.25) is 0 Å². The summed E-state index contributed by atoms with van der Waals surface area (Å²) in [6.07, 6.45) is 0. The van der Waals surface area contributed by atoms with E-state index in [1.54, 1.807) is 37.3 Å². The van der Waals surface area contributed by atoms with Crippen molar-refractivity contribution in [2.75, 3.05) is 0 Å². The standard InChI is InChI=1S/C18H15BrN4O2/c1-11(14-4-2-3-5-17(14)24)20-23-18(25)16-10-15(21-22-16)12-6-8-13(19)9-7-12/h2-10,24H,1H3,(H,21,22)(H,23,25). The van der Waals surface area contributed by atoms with Crippen molar-refractivity contribution in [2.45, 2.75) is 6.92 Å². The van der Waals surface area contributed by atoms with Crippen LogP contribution in [0.3, 0.4) is 0 Å². The van der Waals surface area contributed by atoms with Gasteiger partial charge in [-0.1, -0.05) is 40.2 Å². The quantitative estimate of drug-likeness (QED) is 0.462. The van der Waals surface area contributed by atoms with Crippen LogP contribution in [0.1, 0.15) is 23.0 Å². The molecule has 1 amide bonds. The maximum atomic E-state index is 12.2. The Morgan fingerprint density at radius 1 is 1.20 bits per heavy atom. The third-order valence-electron chi connectivity index (χ3n) is 3.58. The maximum Gasteiger partial charge on any atom is 0.289 e. The van der Waals surface area contributed by atoms with Gasteiger partial charge in [0.2, 0.25) is 0 Å². The Kier molecular flexibility index (Phi) is 4.95. The second-order valence-electron chi connectivity index (χ2n) is 5.33. The van der Waals surface area contributed by atoms with Crippen molar-refractivity contribution >= 4 is 27.5 Å². The highest BCUT2D eigenvalue weighted by molar-refractivity contribution is 9.10. The molecule has 0 aliphatic rings. The Morgan fingerprint density at radius 3 is 2.64 bits per heavy atom. The number of hydrogen-bond acceptors (Lipinski definition) is 4. The molecule has 0 atom stereocenters. The van der Waals surface area contributed by atoms with Gasteiger partial charge in [0.15, 0.2) is 0 Å². The molecule has 0 saturated carbocycles. The Labute approximate surface area is 152 Å². The summed E-state index contributed by atoms with van der Waals surface area (Å²) in [5, 5.41) is 20.7. The molecule has 1 heterocycles. The number of halogens is 1. The number of phenols is 1. The van der Waals surface area contributed by atoms with E-state index in [0.717, 1.165) is 10.0 Å². The number of hydrazone groups is 1. The minimum absolute atomic E-state index is 0.108. The van der Waals surface area contributed by atoms with E-state index >= 15 is 0 Å². The molecular weight excluding hydrogens is 384 g/mol. The normalized spacial score (nSPS) is 11.4. The van der Waals surface area contributed by atoms with Gasteiger partial charge in [-0.05, 0) is 37.3 Å². The highest BCUT2D eigenvalue weighted by Gasteiger charge is 2.11. The molecule has 0 saturated heterocycles. The third kappa shape index (κ3) is 3.95. The smallest absolute Gasteiger partial charge is 0.289 e. The molecule has 0 fully saturated rings. The van der Waals surface area contributed by atoms with Gasteiger partial charge in [-0.2, -0.15) is 10.2 Å². The van der Waals surface area contributed by atoms with E-state index in [4.69, 9.17) is 0 Å². The van der Waals surface area contributed by atoms with Gasteiger partial charge in [-0.15, -0.1) is 0 Å². The number of carbonyl (C=O) groups is 1. The Bertz CT molecular complexity index is 932. The largest absolute Gasteiger partial charge is 0.507 e. The summed E-state index contributed by atoms with van der Waals surface area (Å²) in [6.45, 7) is 1.70. The first-order valence-electron chi connectivity index (χ1n) is 7.49. The molecule has 0 bridgehead atoms. The highest BCUT2D eigenvalue weighted by Crippen LogP contribution is 2.20. The van der Waals surface area contributed by atoms with Crippen molar-refractivity contribution in [1.82, 2.24) is 15.6 Å². The van der Waals surface area contributed by atoms with Crippen molar-refractivity contribution in [1.29, 1.82) is 0 Å². The number of nitrogens with zero attached hydrogens (tertiary/aromatic N) is 2. The molecule has 0 unspecified atom stereocenters. The number of para-hydroxylation sites is 1. The van der Waals surface area contributed by atoms with Crippen molar-refractivity contribution in [3.63, 3.8) is 0 Å². The predicted octanol–water partition coefficient (Wildman–Crippen LogP) is 3.70. The molecule has 126 valence electrons. The van der Waals surface area contributed by atoms with Gasteiger partial charge in [0.1, 0.15) is 11.4 Å².